The summed E-state index contributed by atoms with van der Waals surface area (Å²) in [7, 11) is 1.57. The van der Waals surface area contributed by atoms with E-state index in [-0.39, 0.29) is 17.3 Å². The maximum atomic E-state index is 11.3. The highest BCUT2D eigenvalue weighted by molar-refractivity contribution is 5.98. The van der Waals surface area contributed by atoms with E-state index < -0.39 is 5.97 Å². The molecule has 1 aromatic heterocycles. The van der Waals surface area contributed by atoms with Crippen molar-refractivity contribution in [2.24, 2.45) is 0 Å². The Kier molecular flexibility index (Phi) is 3.85. The van der Waals surface area contributed by atoms with Gasteiger partial charge < -0.3 is 19.1 Å². The number of methoxy groups -OCH3 is 1. The average molecular weight is 345 g/mol. The number of aromatic nitrogens is 2. The molecule has 0 amide bonds. The summed E-state index contributed by atoms with van der Waals surface area (Å²) in [5.41, 5.74) is 0.966. The van der Waals surface area contributed by atoms with Gasteiger partial charge in [0.2, 0.25) is 5.89 Å². The second kappa shape index (κ2) is 6.33. The van der Waals surface area contributed by atoms with Gasteiger partial charge in [0.05, 0.1) is 18.6 Å². The topological polar surface area (TPSA) is 88.3 Å². The van der Waals surface area contributed by atoms with Crippen LogP contribution in [0.15, 0.2) is 65.1 Å². The smallest absolute Gasteiger partial charge is 0.252 e. The molecule has 0 aliphatic carbocycles. The van der Waals surface area contributed by atoms with Crippen molar-refractivity contribution in [2.75, 3.05) is 7.11 Å². The van der Waals surface area contributed by atoms with Crippen molar-refractivity contribution in [3.63, 3.8) is 0 Å². The first-order valence-electron chi connectivity index (χ1n) is 7.89. The Morgan fingerprint density at radius 1 is 0.962 bits per heavy atom. The number of carbonyl (C=O) groups excluding carboxylic acids is 1. The third kappa shape index (κ3) is 2.57. The van der Waals surface area contributed by atoms with E-state index in [0.29, 0.717) is 16.9 Å². The van der Waals surface area contributed by atoms with Crippen LogP contribution in [0.5, 0.6) is 5.75 Å². The van der Waals surface area contributed by atoms with Crippen LogP contribution in [0.1, 0.15) is 10.4 Å². The fourth-order valence-corrected chi connectivity index (χ4v) is 2.92. The molecule has 4 rings (SSSR count). The number of hydrogen-bond donors (Lipinski definition) is 0. The Bertz CT molecular complexity index is 1120. The van der Waals surface area contributed by atoms with Crippen LogP contribution in [0.3, 0.4) is 0 Å². The fraction of sp³-hybridized carbons (Fsp3) is 0.0500. The summed E-state index contributed by atoms with van der Waals surface area (Å²) in [6.45, 7) is 0. The lowest BCUT2D eigenvalue weighted by Crippen LogP contribution is -2.22. The van der Waals surface area contributed by atoms with Gasteiger partial charge in [0.1, 0.15) is 5.75 Å². The molecule has 3 aromatic carbocycles. The van der Waals surface area contributed by atoms with E-state index in [1.165, 1.54) is 6.07 Å². The minimum atomic E-state index is -1.30. The first-order chi connectivity index (χ1) is 12.7. The lowest BCUT2D eigenvalue weighted by molar-refractivity contribution is -0.254. The molecule has 0 aliphatic heterocycles. The fourth-order valence-electron chi connectivity index (χ4n) is 2.92. The maximum absolute atomic E-state index is 11.3. The van der Waals surface area contributed by atoms with E-state index in [4.69, 9.17) is 9.15 Å². The van der Waals surface area contributed by atoms with Crippen LogP contribution in [0.25, 0.3) is 33.7 Å². The quantitative estimate of drug-likeness (QED) is 0.565. The molecule has 1 heterocycles. The van der Waals surface area contributed by atoms with Crippen molar-refractivity contribution in [2.45, 2.75) is 0 Å². The van der Waals surface area contributed by atoms with Gasteiger partial charge in [-0.25, -0.2) is 0 Å². The number of carboxylic acid groups (broad SMARTS) is 1. The number of carboxylic acids is 1. The molecule has 0 spiro atoms. The third-order valence-corrected chi connectivity index (χ3v) is 4.13. The van der Waals surface area contributed by atoms with Crippen LogP contribution >= 0.6 is 0 Å². The third-order valence-electron chi connectivity index (χ3n) is 4.13. The number of ether oxygens (including phenoxy) is 1. The molecule has 128 valence electrons. The van der Waals surface area contributed by atoms with Gasteiger partial charge in [-0.2, -0.15) is 0 Å². The van der Waals surface area contributed by atoms with E-state index in [9.17, 15) is 9.90 Å². The molecular weight excluding hydrogens is 332 g/mol. The summed E-state index contributed by atoms with van der Waals surface area (Å²) in [5, 5.41) is 21.4. The highest BCUT2D eigenvalue weighted by Crippen LogP contribution is 2.37. The minimum absolute atomic E-state index is 0.00687. The first-order valence-corrected chi connectivity index (χ1v) is 7.89. The van der Waals surface area contributed by atoms with Gasteiger partial charge in [-0.05, 0) is 22.9 Å². The highest BCUT2D eigenvalue weighted by atomic mass is 16.5. The zero-order valence-corrected chi connectivity index (χ0v) is 13.8. The summed E-state index contributed by atoms with van der Waals surface area (Å²) in [6.07, 6.45) is 0. The van der Waals surface area contributed by atoms with Crippen LogP contribution in [-0.4, -0.2) is 23.3 Å². The predicted molar refractivity (Wildman–Crippen MR) is 93.6 cm³/mol. The van der Waals surface area contributed by atoms with Crippen molar-refractivity contribution >= 4 is 16.7 Å². The molecule has 0 aliphatic rings. The molecule has 0 unspecified atom stereocenters. The Morgan fingerprint density at radius 3 is 2.50 bits per heavy atom. The zero-order chi connectivity index (χ0) is 18.1. The molecular formula is C20H13N2O4-. The summed E-state index contributed by atoms with van der Waals surface area (Å²) in [5.74, 6) is -0.355. The van der Waals surface area contributed by atoms with E-state index in [2.05, 4.69) is 10.2 Å². The lowest BCUT2D eigenvalue weighted by Gasteiger charge is -2.09. The number of hydrogen-bond acceptors (Lipinski definition) is 6. The standard InChI is InChI=1S/C20H14N2O4/c1-25-16-11-10-12-6-2-3-7-13(12)17(16)19-22-21-18(26-19)14-8-4-5-9-15(14)20(23)24/h2-11H,1H3,(H,23,24)/p-1. The zero-order valence-electron chi connectivity index (χ0n) is 13.8. The van der Waals surface area contributed by atoms with Crippen LogP contribution in [0.4, 0.5) is 0 Å². The number of nitrogens with zero attached hydrogens (tertiary/aromatic N) is 2. The number of benzene rings is 3. The van der Waals surface area contributed by atoms with Crippen LogP contribution in [-0.2, 0) is 0 Å². The normalized spacial score (nSPS) is 10.8. The summed E-state index contributed by atoms with van der Waals surface area (Å²) in [6, 6.07) is 17.9. The molecule has 0 radical (unpaired) electrons. The Balaban J connectivity index is 1.91. The van der Waals surface area contributed by atoms with E-state index >= 15 is 0 Å². The van der Waals surface area contributed by atoms with Crippen LogP contribution in [0, 0.1) is 0 Å². The number of carbonyl (C=O) groups is 1. The molecule has 0 saturated carbocycles. The molecule has 26 heavy (non-hydrogen) atoms. The Labute approximate surface area is 148 Å². The van der Waals surface area contributed by atoms with Gasteiger partial charge in [0.15, 0.2) is 0 Å². The second-order valence-corrected chi connectivity index (χ2v) is 5.61. The molecule has 0 saturated heterocycles. The lowest BCUT2D eigenvalue weighted by atomic mass is 10.0. The summed E-state index contributed by atoms with van der Waals surface area (Å²) >= 11 is 0. The van der Waals surface area contributed by atoms with E-state index in [0.717, 1.165) is 10.8 Å². The second-order valence-electron chi connectivity index (χ2n) is 5.61. The molecule has 6 heteroatoms. The predicted octanol–water partition coefficient (Wildman–Crippen LogP) is 2.93. The maximum Gasteiger partial charge on any atom is 0.252 e. The van der Waals surface area contributed by atoms with E-state index in [1.807, 2.05) is 36.4 Å². The Morgan fingerprint density at radius 2 is 1.69 bits per heavy atom. The summed E-state index contributed by atoms with van der Waals surface area (Å²) in [4.78, 5) is 11.3. The van der Waals surface area contributed by atoms with Crippen molar-refractivity contribution in [1.29, 1.82) is 0 Å². The van der Waals surface area contributed by atoms with Crippen molar-refractivity contribution in [3.8, 4) is 28.7 Å². The van der Waals surface area contributed by atoms with Crippen molar-refractivity contribution in [1.82, 2.24) is 10.2 Å². The number of aromatic carboxylic acids is 1. The van der Waals surface area contributed by atoms with Crippen molar-refractivity contribution < 1.29 is 19.1 Å². The monoisotopic (exact) mass is 345 g/mol. The summed E-state index contributed by atoms with van der Waals surface area (Å²) < 4.78 is 11.3. The van der Waals surface area contributed by atoms with Crippen molar-refractivity contribution in [3.05, 3.63) is 66.2 Å². The SMILES string of the molecule is COc1ccc2ccccc2c1-c1nnc(-c2ccccc2C(=O)[O-])o1. The molecule has 0 fully saturated rings. The molecule has 0 bridgehead atoms. The van der Waals surface area contributed by atoms with Gasteiger partial charge in [-0.3, -0.25) is 0 Å². The minimum Gasteiger partial charge on any atom is -0.545 e. The Hall–Kier alpha value is -3.67. The molecule has 0 N–H and O–H groups in total. The largest absolute Gasteiger partial charge is 0.545 e. The molecule has 0 atom stereocenters. The van der Waals surface area contributed by atoms with E-state index in [1.54, 1.807) is 25.3 Å². The number of rotatable bonds is 4. The van der Waals surface area contributed by atoms with Crippen LogP contribution in [0.2, 0.25) is 0 Å². The van der Waals surface area contributed by atoms with Gasteiger partial charge in [0.25, 0.3) is 5.89 Å². The van der Waals surface area contributed by atoms with Gasteiger partial charge in [-0.1, -0.05) is 48.5 Å². The average Bonchev–Trinajstić information content (AvgIpc) is 3.16. The van der Waals surface area contributed by atoms with Crippen LogP contribution < -0.4 is 9.84 Å². The highest BCUT2D eigenvalue weighted by Gasteiger charge is 2.19. The van der Waals surface area contributed by atoms with Gasteiger partial charge in [-0.15, -0.1) is 10.2 Å². The van der Waals surface area contributed by atoms with Gasteiger partial charge in [0, 0.05) is 11.1 Å². The molecule has 4 aromatic rings. The molecule has 6 nitrogen and oxygen atoms in total. The first kappa shape index (κ1) is 15.8. The number of fused-ring (bicyclic) bond motifs is 1. The van der Waals surface area contributed by atoms with Gasteiger partial charge >= 0.3 is 0 Å².